The molecule has 2 aromatic heterocycles. The van der Waals surface area contributed by atoms with Crippen LogP contribution in [0.25, 0.3) is 5.78 Å². The second kappa shape index (κ2) is 11.3. The summed E-state index contributed by atoms with van der Waals surface area (Å²) < 4.78 is 44.7. The van der Waals surface area contributed by atoms with E-state index in [0.29, 0.717) is 23.5 Å². The minimum Gasteiger partial charge on any atom is -0.456 e. The van der Waals surface area contributed by atoms with Crippen molar-refractivity contribution < 1.29 is 27.5 Å². The summed E-state index contributed by atoms with van der Waals surface area (Å²) in [6.07, 6.45) is -3.79. The number of benzene rings is 1. The number of aromatic nitrogens is 4. The molecule has 0 fully saturated rings. The predicted octanol–water partition coefficient (Wildman–Crippen LogP) is 3.53. The van der Waals surface area contributed by atoms with Crippen molar-refractivity contribution in [2.75, 3.05) is 18.9 Å². The maximum absolute atomic E-state index is 12.9. The summed E-state index contributed by atoms with van der Waals surface area (Å²) in [6, 6.07) is 9.92. The van der Waals surface area contributed by atoms with Crippen molar-refractivity contribution in [3.05, 3.63) is 53.1 Å². The van der Waals surface area contributed by atoms with Crippen LogP contribution in [0.4, 0.5) is 13.2 Å². The fourth-order valence-electron chi connectivity index (χ4n) is 3.19. The van der Waals surface area contributed by atoms with Crippen molar-refractivity contribution in [1.29, 1.82) is 0 Å². The van der Waals surface area contributed by atoms with Crippen LogP contribution in [-0.2, 0) is 26.9 Å². The first-order chi connectivity index (χ1) is 16.1. The van der Waals surface area contributed by atoms with Gasteiger partial charge in [-0.3, -0.25) is 9.59 Å². The smallest absolute Gasteiger partial charge is 0.453 e. The number of halogens is 3. The molecule has 8 nitrogen and oxygen atoms in total. The number of carbonyl (C=O) groups is 2. The lowest BCUT2D eigenvalue weighted by molar-refractivity contribution is -0.148. The van der Waals surface area contributed by atoms with E-state index in [1.807, 2.05) is 30.3 Å². The summed E-state index contributed by atoms with van der Waals surface area (Å²) in [4.78, 5) is 32.6. The van der Waals surface area contributed by atoms with Gasteiger partial charge < -0.3 is 10.1 Å². The Morgan fingerprint density at radius 1 is 1.15 bits per heavy atom. The Balaban J connectivity index is 1.41. The van der Waals surface area contributed by atoms with E-state index < -0.39 is 30.5 Å². The monoisotopic (exact) mass is 495 g/mol. The number of fused-ring (bicyclic) bond motifs is 1. The first-order valence-corrected chi connectivity index (χ1v) is 11.5. The first kappa shape index (κ1) is 25.5. The zero-order valence-electron chi connectivity index (χ0n) is 18.7. The average Bonchev–Trinajstić information content (AvgIpc) is 3.23. The molecule has 0 bridgehead atoms. The first-order valence-electron chi connectivity index (χ1n) is 10.6. The maximum Gasteiger partial charge on any atom is 0.453 e. The Labute approximate surface area is 198 Å². The summed E-state index contributed by atoms with van der Waals surface area (Å²) in [5.74, 6) is -1.58. The summed E-state index contributed by atoms with van der Waals surface area (Å²) in [6.45, 7) is 3.29. The van der Waals surface area contributed by atoms with Gasteiger partial charge in [0.05, 0.1) is 0 Å². The highest BCUT2D eigenvalue weighted by molar-refractivity contribution is 7.99. The number of amides is 1. The molecule has 3 rings (SSSR count). The Kier molecular flexibility index (Phi) is 8.48. The molecule has 1 N–H and O–H groups in total. The number of hydrogen-bond donors (Lipinski definition) is 1. The van der Waals surface area contributed by atoms with Crippen molar-refractivity contribution >= 4 is 29.4 Å². The van der Waals surface area contributed by atoms with Crippen molar-refractivity contribution in [3.63, 3.8) is 0 Å². The number of ether oxygens (including phenoxy) is 1. The number of nitrogens with one attached hydrogen (secondary N) is 1. The lowest BCUT2D eigenvalue weighted by Gasteiger charge is -2.10. The van der Waals surface area contributed by atoms with Gasteiger partial charge in [0.25, 0.3) is 17.5 Å². The van der Waals surface area contributed by atoms with Gasteiger partial charge in [0.1, 0.15) is 0 Å². The molecule has 1 aromatic carbocycles. The molecule has 34 heavy (non-hydrogen) atoms. The lowest BCUT2D eigenvalue weighted by atomic mass is 10.1. The summed E-state index contributed by atoms with van der Waals surface area (Å²) in [7, 11) is 0. The Morgan fingerprint density at radius 2 is 1.88 bits per heavy atom. The fraction of sp³-hybridized carbons (Fsp3) is 0.409. The highest BCUT2D eigenvalue weighted by Crippen LogP contribution is 2.27. The summed E-state index contributed by atoms with van der Waals surface area (Å²) >= 11 is 1.69. The van der Waals surface area contributed by atoms with E-state index in [0.717, 1.165) is 21.6 Å². The quantitative estimate of drug-likeness (QED) is 0.261. The van der Waals surface area contributed by atoms with Crippen molar-refractivity contribution in [3.8, 4) is 0 Å². The molecule has 0 unspecified atom stereocenters. The van der Waals surface area contributed by atoms with Crippen molar-refractivity contribution in [2.45, 2.75) is 44.2 Å². The van der Waals surface area contributed by atoms with Crippen LogP contribution in [-0.4, -0.2) is 50.4 Å². The van der Waals surface area contributed by atoms with Crippen LogP contribution >= 0.6 is 11.8 Å². The fourth-order valence-corrected chi connectivity index (χ4v) is 4.07. The zero-order chi connectivity index (χ0) is 24.7. The van der Waals surface area contributed by atoms with Gasteiger partial charge in [0.15, 0.2) is 6.61 Å². The van der Waals surface area contributed by atoms with Crippen LogP contribution in [0, 0.1) is 13.8 Å². The van der Waals surface area contributed by atoms with E-state index >= 15 is 0 Å². The number of rotatable bonds is 10. The normalized spacial score (nSPS) is 11.6. The number of alkyl halides is 3. The van der Waals surface area contributed by atoms with Crippen LogP contribution in [0.2, 0.25) is 0 Å². The van der Waals surface area contributed by atoms with E-state index in [1.54, 1.807) is 25.6 Å². The van der Waals surface area contributed by atoms with Gasteiger partial charge in [-0.2, -0.15) is 18.2 Å². The minimum atomic E-state index is -4.68. The molecule has 0 radical (unpaired) electrons. The Bertz CT molecular complexity index is 1150. The molecular weight excluding hydrogens is 471 g/mol. The maximum atomic E-state index is 12.9. The van der Waals surface area contributed by atoms with E-state index in [1.165, 1.54) is 0 Å². The van der Waals surface area contributed by atoms with Gasteiger partial charge in [-0.1, -0.05) is 18.2 Å². The average molecular weight is 496 g/mol. The largest absolute Gasteiger partial charge is 0.456 e. The molecule has 0 spiro atoms. The Morgan fingerprint density at radius 3 is 2.59 bits per heavy atom. The van der Waals surface area contributed by atoms with Crippen molar-refractivity contribution in [1.82, 2.24) is 24.9 Å². The number of carbonyl (C=O) groups excluding carboxylic acids is 2. The number of esters is 1. The number of hydrogen-bond acceptors (Lipinski definition) is 7. The minimum absolute atomic E-state index is 0.0588. The van der Waals surface area contributed by atoms with Gasteiger partial charge in [-0.15, -0.1) is 16.9 Å². The van der Waals surface area contributed by atoms with E-state index in [2.05, 4.69) is 20.4 Å². The molecule has 2 heterocycles. The molecule has 182 valence electrons. The number of thioether (sulfide) groups is 1. The van der Waals surface area contributed by atoms with Crippen LogP contribution in [0.5, 0.6) is 0 Å². The zero-order valence-corrected chi connectivity index (χ0v) is 19.5. The van der Waals surface area contributed by atoms with Gasteiger partial charge >= 0.3 is 12.1 Å². The summed E-state index contributed by atoms with van der Waals surface area (Å²) in [5.41, 5.74) is 1.43. The third-order valence-corrected chi connectivity index (χ3v) is 6.00. The molecular formula is C22H24F3N5O3S. The molecule has 3 aromatic rings. The van der Waals surface area contributed by atoms with E-state index in [4.69, 9.17) is 4.74 Å². The highest BCUT2D eigenvalue weighted by Gasteiger charge is 2.37. The number of aryl methyl sites for hydroxylation is 2. The SMILES string of the molecule is Cc1nc2nc(C(F)(F)F)nn2c(C)c1CCC(=O)OCC(=O)NCCCSc1ccccc1. The summed E-state index contributed by atoms with van der Waals surface area (Å²) in [5, 5.41) is 6.18. The van der Waals surface area contributed by atoms with Crippen molar-refractivity contribution in [2.24, 2.45) is 0 Å². The lowest BCUT2D eigenvalue weighted by Crippen LogP contribution is -2.29. The number of nitrogens with zero attached hydrogens (tertiary/aromatic N) is 4. The third kappa shape index (κ3) is 6.92. The molecule has 12 heteroatoms. The molecule has 0 atom stereocenters. The van der Waals surface area contributed by atoms with Crippen LogP contribution < -0.4 is 5.32 Å². The molecule has 0 aliphatic carbocycles. The van der Waals surface area contributed by atoms with Gasteiger partial charge in [-0.25, -0.2) is 9.50 Å². The highest BCUT2D eigenvalue weighted by atomic mass is 32.2. The predicted molar refractivity (Wildman–Crippen MR) is 119 cm³/mol. The molecule has 0 aliphatic heterocycles. The molecule has 0 saturated heterocycles. The Hall–Kier alpha value is -3.15. The van der Waals surface area contributed by atoms with Crippen LogP contribution in [0.3, 0.4) is 0 Å². The third-order valence-electron chi connectivity index (χ3n) is 4.90. The van der Waals surface area contributed by atoms with Crippen LogP contribution in [0.1, 0.15) is 35.6 Å². The van der Waals surface area contributed by atoms with Gasteiger partial charge in [0.2, 0.25) is 0 Å². The standard InChI is InChI=1S/C22H24F3N5O3S/c1-14-17(15(2)30-21(27-14)28-20(29-30)22(23,24)25)9-10-19(32)33-13-18(31)26-11-6-12-34-16-7-4-3-5-8-16/h3-5,7-8H,6,9-13H2,1-2H3,(H,26,31). The molecule has 1 amide bonds. The van der Waals surface area contributed by atoms with E-state index in [9.17, 15) is 22.8 Å². The second-order valence-corrected chi connectivity index (χ2v) is 8.60. The second-order valence-electron chi connectivity index (χ2n) is 7.43. The molecule has 0 aliphatic rings. The van der Waals surface area contributed by atoms with Gasteiger partial charge in [0, 0.05) is 29.2 Å². The van der Waals surface area contributed by atoms with E-state index in [-0.39, 0.29) is 18.6 Å². The van der Waals surface area contributed by atoms with Gasteiger partial charge in [-0.05, 0) is 50.1 Å². The topological polar surface area (TPSA) is 98.5 Å². The molecule has 0 saturated carbocycles. The van der Waals surface area contributed by atoms with Crippen LogP contribution in [0.15, 0.2) is 35.2 Å².